The quantitative estimate of drug-likeness (QED) is 0.529. The molecule has 29 heavy (non-hydrogen) atoms. The van der Waals surface area contributed by atoms with Crippen molar-refractivity contribution in [2.45, 2.75) is 4.90 Å². The van der Waals surface area contributed by atoms with E-state index in [1.807, 2.05) is 24.3 Å². The van der Waals surface area contributed by atoms with Gasteiger partial charge in [-0.1, -0.05) is 42.5 Å². The van der Waals surface area contributed by atoms with Crippen LogP contribution in [-0.2, 0) is 10.0 Å². The summed E-state index contributed by atoms with van der Waals surface area (Å²) in [6, 6.07) is 23.9. The van der Waals surface area contributed by atoms with Crippen molar-refractivity contribution in [3.05, 3.63) is 90.7 Å². The fraction of sp³-hybridized carbons (Fsp3) is 0.0455. The Labute approximate surface area is 168 Å². The maximum Gasteiger partial charge on any atom is 0.291 e. The Morgan fingerprint density at radius 1 is 0.897 bits per heavy atom. The zero-order chi connectivity index (χ0) is 20.4. The van der Waals surface area contributed by atoms with E-state index in [0.717, 1.165) is 5.39 Å². The van der Waals surface area contributed by atoms with Crippen molar-refractivity contribution in [2.75, 3.05) is 16.7 Å². The molecule has 1 amide bonds. The molecule has 1 aromatic heterocycles. The summed E-state index contributed by atoms with van der Waals surface area (Å²) in [6.45, 7) is 0. The second kappa shape index (κ2) is 7.44. The molecule has 0 aliphatic heterocycles. The summed E-state index contributed by atoms with van der Waals surface area (Å²) in [7, 11) is -2.29. The molecular weight excluding hydrogens is 388 g/mol. The molecule has 1 heterocycles. The lowest BCUT2D eigenvalue weighted by molar-refractivity contribution is 0.0998. The molecule has 1 N–H and O–H groups in total. The number of nitrogens with one attached hydrogen (secondary N) is 1. The van der Waals surface area contributed by atoms with Gasteiger partial charge >= 0.3 is 0 Å². The lowest BCUT2D eigenvalue weighted by Gasteiger charge is -2.19. The highest BCUT2D eigenvalue weighted by Crippen LogP contribution is 2.24. The molecule has 0 bridgehead atoms. The summed E-state index contributed by atoms with van der Waals surface area (Å²) in [6.07, 6.45) is 0. The van der Waals surface area contributed by atoms with E-state index in [1.54, 1.807) is 48.5 Å². The summed E-state index contributed by atoms with van der Waals surface area (Å²) < 4.78 is 32.7. The minimum absolute atomic E-state index is 0.0752. The Kier molecular flexibility index (Phi) is 4.82. The van der Waals surface area contributed by atoms with Gasteiger partial charge in [0.25, 0.3) is 15.9 Å². The van der Waals surface area contributed by atoms with E-state index in [2.05, 4.69) is 5.32 Å². The number of rotatable bonds is 5. The molecule has 0 aliphatic rings. The summed E-state index contributed by atoms with van der Waals surface area (Å²) in [4.78, 5) is 12.6. The number of benzene rings is 3. The smallest absolute Gasteiger partial charge is 0.291 e. The fourth-order valence-corrected chi connectivity index (χ4v) is 4.20. The third-order valence-electron chi connectivity index (χ3n) is 4.52. The van der Waals surface area contributed by atoms with E-state index in [-0.39, 0.29) is 10.7 Å². The van der Waals surface area contributed by atoms with Crippen LogP contribution in [0.5, 0.6) is 0 Å². The van der Waals surface area contributed by atoms with Crippen LogP contribution in [0.3, 0.4) is 0 Å². The molecule has 6 nitrogen and oxygen atoms in total. The number of carbonyl (C=O) groups is 1. The lowest BCUT2D eigenvalue weighted by Crippen LogP contribution is -2.26. The van der Waals surface area contributed by atoms with Crippen molar-refractivity contribution < 1.29 is 17.6 Å². The molecule has 0 saturated carbocycles. The maximum atomic E-state index is 13.0. The first-order valence-electron chi connectivity index (χ1n) is 8.89. The van der Waals surface area contributed by atoms with Gasteiger partial charge in [-0.3, -0.25) is 9.10 Å². The standard InChI is InChI=1S/C22H18N2O4S/c1-24(18-10-3-2-4-11-18)29(26,27)19-12-7-9-17(15-19)23-22(25)21-14-16-8-5-6-13-20(16)28-21/h2-15H,1H3,(H,23,25). The summed E-state index contributed by atoms with van der Waals surface area (Å²) >= 11 is 0. The summed E-state index contributed by atoms with van der Waals surface area (Å²) in [5.41, 5.74) is 1.51. The SMILES string of the molecule is CN(c1ccccc1)S(=O)(=O)c1cccc(NC(=O)c2cc3ccccc3o2)c1. The van der Waals surface area contributed by atoms with Crippen LogP contribution >= 0.6 is 0 Å². The zero-order valence-corrected chi connectivity index (χ0v) is 16.4. The molecule has 0 fully saturated rings. The van der Waals surface area contributed by atoms with Gasteiger partial charge in [0.1, 0.15) is 5.58 Å². The van der Waals surface area contributed by atoms with Crippen LogP contribution in [0.2, 0.25) is 0 Å². The van der Waals surface area contributed by atoms with Gasteiger partial charge in [-0.05, 0) is 42.5 Å². The number of amides is 1. The number of anilines is 2. The number of sulfonamides is 1. The van der Waals surface area contributed by atoms with Crippen molar-refractivity contribution in [2.24, 2.45) is 0 Å². The van der Waals surface area contributed by atoms with E-state index in [0.29, 0.717) is 17.0 Å². The molecule has 0 spiro atoms. The van der Waals surface area contributed by atoms with Crippen molar-refractivity contribution in [3.63, 3.8) is 0 Å². The van der Waals surface area contributed by atoms with Crippen LogP contribution in [0.4, 0.5) is 11.4 Å². The highest BCUT2D eigenvalue weighted by Gasteiger charge is 2.22. The monoisotopic (exact) mass is 406 g/mol. The van der Waals surface area contributed by atoms with Gasteiger partial charge in [0.2, 0.25) is 0 Å². The van der Waals surface area contributed by atoms with Gasteiger partial charge in [0.05, 0.1) is 10.6 Å². The van der Waals surface area contributed by atoms with Gasteiger partial charge < -0.3 is 9.73 Å². The summed E-state index contributed by atoms with van der Waals surface area (Å²) in [5.74, 6) is -0.298. The average Bonchev–Trinajstić information content (AvgIpc) is 3.18. The number of carbonyl (C=O) groups excluding carboxylic acids is 1. The Bertz CT molecular complexity index is 1250. The van der Waals surface area contributed by atoms with Crippen molar-refractivity contribution in [1.29, 1.82) is 0 Å². The number of para-hydroxylation sites is 2. The fourth-order valence-electron chi connectivity index (χ4n) is 2.96. The highest BCUT2D eigenvalue weighted by molar-refractivity contribution is 7.92. The molecule has 146 valence electrons. The van der Waals surface area contributed by atoms with E-state index >= 15 is 0 Å². The van der Waals surface area contributed by atoms with E-state index in [4.69, 9.17) is 4.42 Å². The Balaban J connectivity index is 1.59. The average molecular weight is 406 g/mol. The second-order valence-corrected chi connectivity index (χ2v) is 8.41. The molecule has 0 unspecified atom stereocenters. The molecule has 0 radical (unpaired) electrons. The van der Waals surface area contributed by atoms with E-state index in [1.165, 1.54) is 23.5 Å². The molecule has 0 saturated heterocycles. The first kappa shape index (κ1) is 18.8. The Hall–Kier alpha value is -3.58. The first-order valence-corrected chi connectivity index (χ1v) is 10.3. The number of furan rings is 1. The lowest BCUT2D eigenvalue weighted by atomic mass is 10.2. The predicted molar refractivity (Wildman–Crippen MR) is 113 cm³/mol. The predicted octanol–water partition coefficient (Wildman–Crippen LogP) is 4.51. The summed E-state index contributed by atoms with van der Waals surface area (Å²) in [5, 5.41) is 3.51. The van der Waals surface area contributed by atoms with Gasteiger partial charge in [-0.25, -0.2) is 8.42 Å². The number of hydrogen-bond donors (Lipinski definition) is 1. The van der Waals surface area contributed by atoms with Crippen LogP contribution in [0, 0.1) is 0 Å². The minimum atomic E-state index is -3.78. The molecule has 7 heteroatoms. The Morgan fingerprint density at radius 3 is 2.38 bits per heavy atom. The highest BCUT2D eigenvalue weighted by atomic mass is 32.2. The van der Waals surface area contributed by atoms with Crippen molar-refractivity contribution in [3.8, 4) is 0 Å². The Morgan fingerprint density at radius 2 is 1.62 bits per heavy atom. The third kappa shape index (κ3) is 3.72. The normalized spacial score (nSPS) is 11.3. The molecule has 0 aliphatic carbocycles. The van der Waals surface area contributed by atoms with Crippen LogP contribution in [0.1, 0.15) is 10.6 Å². The van der Waals surface area contributed by atoms with Gasteiger partial charge in [-0.15, -0.1) is 0 Å². The minimum Gasteiger partial charge on any atom is -0.451 e. The van der Waals surface area contributed by atoms with Crippen LogP contribution < -0.4 is 9.62 Å². The van der Waals surface area contributed by atoms with Crippen molar-refractivity contribution in [1.82, 2.24) is 0 Å². The van der Waals surface area contributed by atoms with Gasteiger partial charge in [0.15, 0.2) is 5.76 Å². The number of hydrogen-bond acceptors (Lipinski definition) is 4. The zero-order valence-electron chi connectivity index (χ0n) is 15.6. The maximum absolute atomic E-state index is 13.0. The van der Waals surface area contributed by atoms with E-state index < -0.39 is 15.9 Å². The number of nitrogens with zero attached hydrogens (tertiary/aromatic N) is 1. The van der Waals surface area contributed by atoms with Gasteiger partial charge in [0, 0.05) is 18.1 Å². The molecular formula is C22H18N2O4S. The van der Waals surface area contributed by atoms with Crippen molar-refractivity contribution >= 4 is 38.3 Å². The molecule has 0 atom stereocenters. The topological polar surface area (TPSA) is 79.6 Å². The van der Waals surface area contributed by atoms with Crippen LogP contribution in [0.15, 0.2) is 94.2 Å². The van der Waals surface area contributed by atoms with Gasteiger partial charge in [-0.2, -0.15) is 0 Å². The largest absolute Gasteiger partial charge is 0.451 e. The van der Waals surface area contributed by atoms with E-state index in [9.17, 15) is 13.2 Å². The number of fused-ring (bicyclic) bond motifs is 1. The first-order chi connectivity index (χ1) is 13.9. The molecule has 4 aromatic rings. The molecule has 4 rings (SSSR count). The second-order valence-electron chi connectivity index (χ2n) is 6.44. The molecule has 3 aromatic carbocycles. The van der Waals surface area contributed by atoms with Crippen LogP contribution in [0.25, 0.3) is 11.0 Å². The van der Waals surface area contributed by atoms with Crippen LogP contribution in [-0.4, -0.2) is 21.4 Å². The third-order valence-corrected chi connectivity index (χ3v) is 6.30.